The molecule has 0 spiro atoms. The summed E-state index contributed by atoms with van der Waals surface area (Å²) in [5.74, 6) is -2.36. The molecule has 3 aromatic carbocycles. The third-order valence-corrected chi connectivity index (χ3v) is 8.99. The van der Waals surface area contributed by atoms with Crippen molar-refractivity contribution in [3.63, 3.8) is 0 Å². The van der Waals surface area contributed by atoms with Gasteiger partial charge in [-0.2, -0.15) is 0 Å². The first kappa shape index (κ1) is 31.3. The zero-order valence-corrected chi connectivity index (χ0v) is 25.7. The first-order valence-electron chi connectivity index (χ1n) is 15.6. The van der Waals surface area contributed by atoms with Gasteiger partial charge in [-0.3, -0.25) is 9.59 Å². The Kier molecular flexibility index (Phi) is 8.58. The van der Waals surface area contributed by atoms with Crippen LogP contribution in [0, 0.1) is 23.5 Å². The number of rotatable bonds is 8. The lowest BCUT2D eigenvalue weighted by Gasteiger charge is -2.32. The number of halogens is 2. The topological polar surface area (TPSA) is 167 Å². The number of aromatic nitrogens is 4. The van der Waals surface area contributed by atoms with Gasteiger partial charge in [0.05, 0.1) is 28.3 Å². The average molecular weight is 630 g/mol. The molecule has 5 aromatic rings. The van der Waals surface area contributed by atoms with Crippen molar-refractivity contribution in [2.45, 2.75) is 57.9 Å². The Bertz CT molecular complexity index is 1970. The number of imide groups is 1. The van der Waals surface area contributed by atoms with E-state index in [1.807, 2.05) is 13.8 Å². The highest BCUT2D eigenvalue weighted by molar-refractivity contribution is 6.17. The molecule has 1 atom stereocenters. The lowest BCUT2D eigenvalue weighted by Crippen LogP contribution is -2.50. The number of anilines is 1. The van der Waals surface area contributed by atoms with Gasteiger partial charge in [-0.05, 0) is 80.0 Å². The molecular formula is C34H37F2N7O3. The number of nitrogens with zero attached hydrogens (tertiary/aromatic N) is 2. The molecule has 46 heavy (non-hydrogen) atoms. The van der Waals surface area contributed by atoms with Gasteiger partial charge in [0.1, 0.15) is 11.3 Å². The highest BCUT2D eigenvalue weighted by Gasteiger charge is 2.35. The molecule has 6 rings (SSSR count). The number of hydrogen-bond donors (Lipinski definition) is 5. The van der Waals surface area contributed by atoms with Gasteiger partial charge in [-0.25, -0.2) is 23.5 Å². The minimum Gasteiger partial charge on any atom is -0.342 e. The van der Waals surface area contributed by atoms with E-state index in [0.29, 0.717) is 64.5 Å². The van der Waals surface area contributed by atoms with Crippen LogP contribution in [-0.4, -0.2) is 44.3 Å². The summed E-state index contributed by atoms with van der Waals surface area (Å²) in [5, 5.41) is 0. The van der Waals surface area contributed by atoms with Crippen LogP contribution < -0.4 is 22.1 Å². The number of aromatic amines is 3. The molecule has 2 aromatic heterocycles. The number of nitrogens with two attached hydrogens (primary N) is 2. The van der Waals surface area contributed by atoms with Gasteiger partial charge in [0.15, 0.2) is 11.6 Å². The Morgan fingerprint density at radius 2 is 1.63 bits per heavy atom. The molecular weight excluding hydrogens is 592 g/mol. The van der Waals surface area contributed by atoms with Crippen LogP contribution in [0.5, 0.6) is 0 Å². The van der Waals surface area contributed by atoms with Gasteiger partial charge in [0.2, 0.25) is 5.91 Å². The maximum absolute atomic E-state index is 15.1. The molecule has 1 fully saturated rings. The number of hydrogen-bond acceptors (Lipinski definition) is 6. The molecule has 12 heteroatoms. The number of benzene rings is 3. The van der Waals surface area contributed by atoms with Crippen LogP contribution in [0.25, 0.3) is 33.2 Å². The summed E-state index contributed by atoms with van der Waals surface area (Å²) in [6, 6.07) is 12.0. The van der Waals surface area contributed by atoms with Gasteiger partial charge in [0.25, 0.3) is 5.91 Å². The smallest absolute Gasteiger partial charge is 0.323 e. The van der Waals surface area contributed by atoms with Crippen LogP contribution in [0.4, 0.5) is 14.5 Å². The summed E-state index contributed by atoms with van der Waals surface area (Å²) in [5.41, 5.74) is 14.8. The molecule has 1 aliphatic rings. The van der Waals surface area contributed by atoms with E-state index in [1.54, 1.807) is 42.5 Å². The zero-order chi connectivity index (χ0) is 32.7. The fraction of sp³-hybridized carbons (Fsp3) is 0.353. The second kappa shape index (κ2) is 12.6. The highest BCUT2D eigenvalue weighted by Crippen LogP contribution is 2.33. The van der Waals surface area contributed by atoms with Crippen LogP contribution in [0.3, 0.4) is 0 Å². The fourth-order valence-corrected chi connectivity index (χ4v) is 6.27. The molecule has 1 saturated carbocycles. The second-order valence-corrected chi connectivity index (χ2v) is 12.5. The number of H-pyrrole nitrogens is 3. The van der Waals surface area contributed by atoms with Crippen LogP contribution in [0.1, 0.15) is 56.8 Å². The summed E-state index contributed by atoms with van der Waals surface area (Å²) in [7, 11) is 0. The van der Waals surface area contributed by atoms with Gasteiger partial charge in [-0.15, -0.1) is 0 Å². The standard InChI is InChI=1S/C34H37F2N7O3/c1-17(2)31-39-27-15-23(28(35)29(36)30(27)42-31)20-7-3-18(4-8-20)13-24(38)33(45)43(32(44)21-9-5-19(16-37)6-10-21)22-11-12-25-26(14-22)41-34(46)40-25/h3-4,7-8,11-12,14-15,17,19,21,24H,5-6,9-10,13,16,37-38H2,1-2H3,(H,39,42)(H2,40,41,46)/t19?,21?,24-/m0/s1. The van der Waals surface area contributed by atoms with Gasteiger partial charge >= 0.3 is 5.69 Å². The van der Waals surface area contributed by atoms with E-state index in [9.17, 15) is 18.8 Å². The van der Waals surface area contributed by atoms with Crippen molar-refractivity contribution in [2.24, 2.45) is 23.3 Å². The van der Waals surface area contributed by atoms with E-state index in [0.717, 1.165) is 17.7 Å². The number of amides is 2. The number of fused-ring (bicyclic) bond motifs is 2. The molecule has 240 valence electrons. The van der Waals surface area contributed by atoms with E-state index < -0.39 is 29.3 Å². The Morgan fingerprint density at radius 1 is 0.935 bits per heavy atom. The minimum absolute atomic E-state index is 0.0162. The monoisotopic (exact) mass is 629 g/mol. The quantitative estimate of drug-likeness (QED) is 0.162. The Balaban J connectivity index is 1.25. The van der Waals surface area contributed by atoms with E-state index in [1.165, 1.54) is 6.07 Å². The first-order valence-corrected chi connectivity index (χ1v) is 15.6. The Labute approximate surface area is 263 Å². The van der Waals surface area contributed by atoms with E-state index in [4.69, 9.17) is 11.5 Å². The minimum atomic E-state index is -1.08. The fourth-order valence-electron chi connectivity index (χ4n) is 6.27. The van der Waals surface area contributed by atoms with Crippen LogP contribution in [-0.2, 0) is 16.0 Å². The molecule has 1 aliphatic carbocycles. The molecule has 7 N–H and O–H groups in total. The molecule has 2 amide bonds. The summed E-state index contributed by atoms with van der Waals surface area (Å²) in [4.78, 5) is 53.4. The summed E-state index contributed by atoms with van der Waals surface area (Å²) >= 11 is 0. The predicted octanol–water partition coefficient (Wildman–Crippen LogP) is 5.00. The maximum atomic E-state index is 15.1. The lowest BCUT2D eigenvalue weighted by molar-refractivity contribution is -0.130. The SMILES string of the molecule is CC(C)c1nc2c(F)c(F)c(-c3ccc(C[C@H](N)C(=O)N(C(=O)C4CCC(CN)CC4)c4ccc5[nH]c(=O)[nH]c5c4)cc3)cc2[nH]1. The highest BCUT2D eigenvalue weighted by atomic mass is 19.2. The van der Waals surface area contributed by atoms with Crippen molar-refractivity contribution < 1.29 is 18.4 Å². The number of nitrogens with one attached hydrogen (secondary N) is 3. The number of imidazole rings is 2. The predicted molar refractivity (Wildman–Crippen MR) is 173 cm³/mol. The van der Waals surface area contributed by atoms with Crippen molar-refractivity contribution >= 4 is 39.6 Å². The molecule has 0 unspecified atom stereocenters. The Morgan fingerprint density at radius 3 is 2.30 bits per heavy atom. The molecule has 10 nitrogen and oxygen atoms in total. The largest absolute Gasteiger partial charge is 0.342 e. The third kappa shape index (κ3) is 5.97. The van der Waals surface area contributed by atoms with Crippen LogP contribution in [0.15, 0.2) is 53.3 Å². The number of carbonyl (C=O) groups excluding carboxylic acids is 2. The zero-order valence-electron chi connectivity index (χ0n) is 25.7. The van der Waals surface area contributed by atoms with E-state index in [2.05, 4.69) is 19.9 Å². The maximum Gasteiger partial charge on any atom is 0.323 e. The average Bonchev–Trinajstić information content (AvgIpc) is 3.66. The Hall–Kier alpha value is -4.68. The third-order valence-electron chi connectivity index (χ3n) is 8.99. The van der Waals surface area contributed by atoms with Gasteiger partial charge < -0.3 is 26.4 Å². The molecule has 0 radical (unpaired) electrons. The van der Waals surface area contributed by atoms with Gasteiger partial charge in [-0.1, -0.05) is 38.1 Å². The van der Waals surface area contributed by atoms with Gasteiger partial charge in [0, 0.05) is 17.4 Å². The van der Waals surface area contributed by atoms with Crippen molar-refractivity contribution in [3.05, 3.63) is 82.0 Å². The van der Waals surface area contributed by atoms with Crippen molar-refractivity contribution in [3.8, 4) is 11.1 Å². The summed E-state index contributed by atoms with van der Waals surface area (Å²) in [6.07, 6.45) is 2.93. The van der Waals surface area contributed by atoms with Crippen molar-refractivity contribution in [1.82, 2.24) is 19.9 Å². The van der Waals surface area contributed by atoms with Crippen LogP contribution in [0.2, 0.25) is 0 Å². The molecule has 0 aliphatic heterocycles. The van der Waals surface area contributed by atoms with Crippen molar-refractivity contribution in [1.29, 1.82) is 0 Å². The van der Waals surface area contributed by atoms with E-state index in [-0.39, 0.29) is 35.2 Å². The van der Waals surface area contributed by atoms with Crippen LogP contribution >= 0.6 is 0 Å². The lowest BCUT2D eigenvalue weighted by atomic mass is 9.81. The molecule has 0 bridgehead atoms. The van der Waals surface area contributed by atoms with E-state index >= 15 is 4.39 Å². The molecule has 0 saturated heterocycles. The van der Waals surface area contributed by atoms with Crippen molar-refractivity contribution in [2.75, 3.05) is 11.4 Å². The normalized spacial score (nSPS) is 17.5. The number of carbonyl (C=O) groups is 2. The summed E-state index contributed by atoms with van der Waals surface area (Å²) in [6.45, 7) is 4.38. The second-order valence-electron chi connectivity index (χ2n) is 12.5. The first-order chi connectivity index (χ1) is 22.0. The molecule has 2 heterocycles. The summed E-state index contributed by atoms with van der Waals surface area (Å²) < 4.78 is 30.0.